The zero-order chi connectivity index (χ0) is 21.8. The van der Waals surface area contributed by atoms with E-state index in [2.05, 4.69) is 26.0 Å². The van der Waals surface area contributed by atoms with Crippen molar-refractivity contribution in [1.82, 2.24) is 0 Å². The van der Waals surface area contributed by atoms with E-state index in [0.29, 0.717) is 36.0 Å². The molecule has 1 unspecified atom stereocenters. The van der Waals surface area contributed by atoms with Crippen molar-refractivity contribution in [3.63, 3.8) is 0 Å². The lowest BCUT2D eigenvalue weighted by Gasteiger charge is -2.29. The average Bonchev–Trinajstić information content (AvgIpc) is 2.64. The van der Waals surface area contributed by atoms with E-state index in [1.807, 2.05) is 31.2 Å². The van der Waals surface area contributed by atoms with Crippen molar-refractivity contribution in [1.29, 1.82) is 0 Å². The lowest BCUT2D eigenvalue weighted by molar-refractivity contribution is 0.0631. The average molecular weight is 401 g/mol. The topological polar surface area (TPSA) is 58.9 Å². The van der Waals surface area contributed by atoms with Crippen molar-refractivity contribution in [3.05, 3.63) is 58.7 Å². The molecule has 0 aromatic heterocycles. The van der Waals surface area contributed by atoms with Gasteiger partial charge in [-0.3, -0.25) is 0 Å². The molecule has 4 heteroatoms. The molecule has 2 N–H and O–H groups in total. The van der Waals surface area contributed by atoms with Gasteiger partial charge in [0.15, 0.2) is 0 Å². The standard InChI is InChI=1S/C25H36O4/c1-8-18(3)19-9-11-20(12-10-19)28-13-14-29-23-21(24(4,5)26)15-17(2)16-22(23)25(6,7)27/h9-12,15-16,18,26-27H,8,13-14H2,1-7H3. The van der Waals surface area contributed by atoms with Gasteiger partial charge in [-0.25, -0.2) is 0 Å². The van der Waals surface area contributed by atoms with Crippen LogP contribution in [-0.4, -0.2) is 23.4 Å². The Hall–Kier alpha value is -2.04. The summed E-state index contributed by atoms with van der Waals surface area (Å²) in [4.78, 5) is 0. The normalized spacial score (nSPS) is 13.3. The minimum absolute atomic E-state index is 0.308. The van der Waals surface area contributed by atoms with Crippen LogP contribution < -0.4 is 9.47 Å². The third-order valence-corrected chi connectivity index (χ3v) is 5.21. The molecular weight excluding hydrogens is 364 g/mol. The Balaban J connectivity index is 2.12. The molecule has 0 saturated carbocycles. The van der Waals surface area contributed by atoms with Crippen LogP contribution in [0.4, 0.5) is 0 Å². The lowest BCUT2D eigenvalue weighted by atomic mass is 9.87. The molecule has 0 heterocycles. The van der Waals surface area contributed by atoms with E-state index in [-0.39, 0.29) is 0 Å². The predicted octanol–water partition coefficient (Wildman–Crippen LogP) is 5.42. The zero-order valence-corrected chi connectivity index (χ0v) is 18.9. The number of aryl methyl sites for hydroxylation is 1. The van der Waals surface area contributed by atoms with Crippen LogP contribution in [0.5, 0.6) is 11.5 Å². The number of rotatable bonds is 9. The molecule has 2 rings (SSSR count). The number of benzene rings is 2. The number of hydrogen-bond donors (Lipinski definition) is 2. The van der Waals surface area contributed by atoms with Crippen LogP contribution in [0.3, 0.4) is 0 Å². The SMILES string of the molecule is CCC(C)c1ccc(OCCOc2c(C(C)(C)O)cc(C)cc2C(C)(C)O)cc1. The van der Waals surface area contributed by atoms with Gasteiger partial charge in [0.25, 0.3) is 0 Å². The van der Waals surface area contributed by atoms with E-state index in [1.165, 1.54) is 5.56 Å². The minimum Gasteiger partial charge on any atom is -0.490 e. The maximum atomic E-state index is 10.6. The van der Waals surface area contributed by atoms with Gasteiger partial charge in [-0.2, -0.15) is 0 Å². The van der Waals surface area contributed by atoms with Crippen molar-refractivity contribution < 1.29 is 19.7 Å². The fourth-order valence-corrected chi connectivity index (χ4v) is 3.27. The van der Waals surface area contributed by atoms with E-state index in [0.717, 1.165) is 17.7 Å². The summed E-state index contributed by atoms with van der Waals surface area (Å²) in [6, 6.07) is 12.0. The predicted molar refractivity (Wildman–Crippen MR) is 118 cm³/mol. The van der Waals surface area contributed by atoms with Crippen molar-refractivity contribution in [2.45, 2.75) is 72.0 Å². The Kier molecular flexibility index (Phi) is 7.36. The molecule has 1 atom stereocenters. The largest absolute Gasteiger partial charge is 0.490 e. The van der Waals surface area contributed by atoms with E-state index in [9.17, 15) is 10.2 Å². The Bertz CT molecular complexity index is 760. The molecular formula is C25H36O4. The van der Waals surface area contributed by atoms with Gasteiger partial charge < -0.3 is 19.7 Å². The maximum absolute atomic E-state index is 10.6. The highest BCUT2D eigenvalue weighted by Crippen LogP contribution is 2.39. The van der Waals surface area contributed by atoms with Crippen LogP contribution in [0.2, 0.25) is 0 Å². The summed E-state index contributed by atoms with van der Waals surface area (Å²) >= 11 is 0. The van der Waals surface area contributed by atoms with E-state index < -0.39 is 11.2 Å². The van der Waals surface area contributed by atoms with Crippen molar-refractivity contribution >= 4 is 0 Å². The molecule has 160 valence electrons. The lowest BCUT2D eigenvalue weighted by Crippen LogP contribution is -2.24. The van der Waals surface area contributed by atoms with E-state index in [4.69, 9.17) is 9.47 Å². The van der Waals surface area contributed by atoms with Gasteiger partial charge in [-0.05, 0) is 76.8 Å². The molecule has 4 nitrogen and oxygen atoms in total. The molecule has 0 aliphatic heterocycles. The molecule has 0 aliphatic rings. The van der Waals surface area contributed by atoms with Crippen LogP contribution in [0.15, 0.2) is 36.4 Å². The van der Waals surface area contributed by atoms with E-state index >= 15 is 0 Å². The summed E-state index contributed by atoms with van der Waals surface area (Å²) < 4.78 is 11.9. The fraction of sp³-hybridized carbons (Fsp3) is 0.520. The molecule has 2 aromatic carbocycles. The molecule has 29 heavy (non-hydrogen) atoms. The van der Waals surface area contributed by atoms with Crippen LogP contribution in [0.25, 0.3) is 0 Å². The Morgan fingerprint density at radius 3 is 1.79 bits per heavy atom. The van der Waals surface area contributed by atoms with Gasteiger partial charge >= 0.3 is 0 Å². The first-order valence-corrected chi connectivity index (χ1v) is 10.4. The number of ether oxygens (including phenoxy) is 2. The zero-order valence-electron chi connectivity index (χ0n) is 18.9. The number of hydrogen-bond acceptors (Lipinski definition) is 4. The monoisotopic (exact) mass is 400 g/mol. The molecule has 0 bridgehead atoms. The first-order valence-electron chi connectivity index (χ1n) is 10.4. The quantitative estimate of drug-likeness (QED) is 0.552. The van der Waals surface area contributed by atoms with Crippen molar-refractivity contribution in [2.75, 3.05) is 13.2 Å². The van der Waals surface area contributed by atoms with Gasteiger partial charge in [-0.1, -0.05) is 31.5 Å². The van der Waals surface area contributed by atoms with Crippen molar-refractivity contribution in [2.24, 2.45) is 0 Å². The highest BCUT2D eigenvalue weighted by molar-refractivity contribution is 5.49. The summed E-state index contributed by atoms with van der Waals surface area (Å²) in [6.07, 6.45) is 1.11. The third-order valence-electron chi connectivity index (χ3n) is 5.21. The number of aliphatic hydroxyl groups is 2. The fourth-order valence-electron chi connectivity index (χ4n) is 3.27. The van der Waals surface area contributed by atoms with Crippen LogP contribution in [-0.2, 0) is 11.2 Å². The smallest absolute Gasteiger partial charge is 0.131 e. The molecule has 0 aliphatic carbocycles. The highest BCUT2D eigenvalue weighted by Gasteiger charge is 2.29. The molecule has 0 saturated heterocycles. The van der Waals surface area contributed by atoms with Gasteiger partial charge in [0.2, 0.25) is 0 Å². The summed E-state index contributed by atoms with van der Waals surface area (Å²) in [6.45, 7) is 13.9. The first kappa shape index (κ1) is 23.2. The Labute approximate surface area is 175 Å². The second-order valence-electron chi connectivity index (χ2n) is 8.88. The molecule has 0 radical (unpaired) electrons. The van der Waals surface area contributed by atoms with Crippen LogP contribution >= 0.6 is 0 Å². The van der Waals surface area contributed by atoms with Crippen LogP contribution in [0.1, 0.15) is 76.1 Å². The van der Waals surface area contributed by atoms with E-state index in [1.54, 1.807) is 27.7 Å². The second-order valence-corrected chi connectivity index (χ2v) is 8.88. The Morgan fingerprint density at radius 1 is 0.862 bits per heavy atom. The van der Waals surface area contributed by atoms with Gasteiger partial charge in [0.1, 0.15) is 24.7 Å². The molecule has 2 aromatic rings. The van der Waals surface area contributed by atoms with Crippen molar-refractivity contribution in [3.8, 4) is 11.5 Å². The second kappa shape index (κ2) is 9.19. The molecule has 0 spiro atoms. The summed E-state index contributed by atoms with van der Waals surface area (Å²) in [5.74, 6) is 1.86. The van der Waals surface area contributed by atoms with Gasteiger partial charge in [0, 0.05) is 11.1 Å². The third kappa shape index (κ3) is 6.22. The van der Waals surface area contributed by atoms with Crippen LogP contribution in [0, 0.1) is 6.92 Å². The summed E-state index contributed by atoms with van der Waals surface area (Å²) in [5, 5.41) is 21.2. The molecule has 0 fully saturated rings. The van der Waals surface area contributed by atoms with Gasteiger partial charge in [0.05, 0.1) is 11.2 Å². The maximum Gasteiger partial charge on any atom is 0.131 e. The Morgan fingerprint density at radius 2 is 1.34 bits per heavy atom. The highest BCUT2D eigenvalue weighted by atomic mass is 16.5. The van der Waals surface area contributed by atoms with Gasteiger partial charge in [-0.15, -0.1) is 0 Å². The molecule has 0 amide bonds. The minimum atomic E-state index is -1.09. The first-order chi connectivity index (χ1) is 13.4. The summed E-state index contributed by atoms with van der Waals surface area (Å²) in [5.41, 5.74) is 1.41. The summed E-state index contributed by atoms with van der Waals surface area (Å²) in [7, 11) is 0.